The Morgan fingerprint density at radius 2 is 2.18 bits per heavy atom. The molecule has 5 nitrogen and oxygen atoms in total. The molecule has 0 aliphatic carbocycles. The Kier molecular flexibility index (Phi) is 2.61. The van der Waals surface area contributed by atoms with Crippen LogP contribution < -0.4 is 5.73 Å². The second-order valence-electron chi connectivity index (χ2n) is 1.75. The Morgan fingerprint density at radius 3 is 2.73 bits per heavy atom. The van der Waals surface area contributed by atoms with Crippen LogP contribution in [0, 0.1) is 0 Å². The zero-order chi connectivity index (χ0) is 8.27. The first-order valence-electron chi connectivity index (χ1n) is 2.91. The van der Waals surface area contributed by atoms with Crippen LogP contribution in [0.1, 0.15) is 5.82 Å². The summed E-state index contributed by atoms with van der Waals surface area (Å²) in [5, 5.41) is 9.19. The average molecular weight is 172 g/mol. The van der Waals surface area contributed by atoms with Crippen LogP contribution in [0.3, 0.4) is 0 Å². The van der Waals surface area contributed by atoms with Crippen molar-refractivity contribution in [1.82, 2.24) is 15.0 Å². The zero-order valence-electron chi connectivity index (χ0n) is 5.98. The van der Waals surface area contributed by atoms with Crippen LogP contribution in [0.4, 0.5) is 5.95 Å². The van der Waals surface area contributed by atoms with E-state index in [0.717, 1.165) is 0 Å². The first-order chi connectivity index (χ1) is 5.26. The third-order valence-corrected chi connectivity index (χ3v) is 1.55. The minimum absolute atomic E-state index is 0.147. The SMILES string of the molecule is CSc1nc(N)nc(CO)n1. The van der Waals surface area contributed by atoms with Gasteiger partial charge in [-0.2, -0.15) is 9.97 Å². The molecule has 0 bridgehead atoms. The van der Waals surface area contributed by atoms with Gasteiger partial charge in [0.25, 0.3) is 0 Å². The molecule has 0 atom stereocenters. The lowest BCUT2D eigenvalue weighted by molar-refractivity contribution is 0.270. The van der Waals surface area contributed by atoms with Gasteiger partial charge in [-0.05, 0) is 6.26 Å². The molecular weight excluding hydrogens is 164 g/mol. The fourth-order valence-corrected chi connectivity index (χ4v) is 0.959. The molecule has 0 unspecified atom stereocenters. The molecule has 0 spiro atoms. The highest BCUT2D eigenvalue weighted by atomic mass is 32.2. The Labute approximate surface area is 68.1 Å². The molecule has 60 valence electrons. The maximum atomic E-state index is 8.66. The van der Waals surface area contributed by atoms with E-state index < -0.39 is 0 Å². The minimum atomic E-state index is -0.208. The average Bonchev–Trinajstić information content (AvgIpc) is 2.03. The summed E-state index contributed by atoms with van der Waals surface area (Å²) >= 11 is 1.36. The van der Waals surface area contributed by atoms with Crippen LogP contribution in [0.15, 0.2) is 5.16 Å². The first-order valence-corrected chi connectivity index (χ1v) is 4.14. The van der Waals surface area contributed by atoms with Crippen molar-refractivity contribution in [3.8, 4) is 0 Å². The number of aliphatic hydroxyl groups excluding tert-OH is 1. The third kappa shape index (κ3) is 2.02. The molecule has 1 rings (SSSR count). The summed E-state index contributed by atoms with van der Waals surface area (Å²) in [4.78, 5) is 11.4. The lowest BCUT2D eigenvalue weighted by Crippen LogP contribution is -2.03. The summed E-state index contributed by atoms with van der Waals surface area (Å²) in [6, 6.07) is 0. The monoisotopic (exact) mass is 172 g/mol. The van der Waals surface area contributed by atoms with E-state index in [9.17, 15) is 0 Å². The number of hydrogen-bond acceptors (Lipinski definition) is 6. The molecule has 0 aromatic carbocycles. The van der Waals surface area contributed by atoms with Crippen molar-refractivity contribution < 1.29 is 5.11 Å². The normalized spacial score (nSPS) is 10.0. The molecule has 0 aliphatic heterocycles. The van der Waals surface area contributed by atoms with Crippen molar-refractivity contribution in [3.63, 3.8) is 0 Å². The Morgan fingerprint density at radius 1 is 1.45 bits per heavy atom. The van der Waals surface area contributed by atoms with Crippen LogP contribution in [-0.2, 0) is 6.61 Å². The number of anilines is 1. The van der Waals surface area contributed by atoms with Gasteiger partial charge in [-0.3, -0.25) is 0 Å². The molecule has 1 aromatic rings. The van der Waals surface area contributed by atoms with Gasteiger partial charge in [0.1, 0.15) is 6.61 Å². The topological polar surface area (TPSA) is 84.9 Å². The van der Waals surface area contributed by atoms with Crippen LogP contribution in [0.25, 0.3) is 0 Å². The molecule has 3 N–H and O–H groups in total. The van der Waals surface area contributed by atoms with Crippen molar-refractivity contribution in [1.29, 1.82) is 0 Å². The van der Waals surface area contributed by atoms with Gasteiger partial charge in [0.15, 0.2) is 11.0 Å². The first kappa shape index (κ1) is 8.22. The Balaban J connectivity index is 3.02. The molecule has 1 aromatic heterocycles. The summed E-state index contributed by atoms with van der Waals surface area (Å²) in [5.41, 5.74) is 5.32. The third-order valence-electron chi connectivity index (χ3n) is 1.00. The molecule has 0 radical (unpaired) electrons. The second kappa shape index (κ2) is 3.49. The molecule has 0 saturated heterocycles. The Hall–Kier alpha value is -0.880. The number of rotatable bonds is 2. The van der Waals surface area contributed by atoms with Crippen molar-refractivity contribution in [3.05, 3.63) is 5.82 Å². The van der Waals surface area contributed by atoms with E-state index in [1.807, 2.05) is 6.26 Å². The van der Waals surface area contributed by atoms with E-state index in [2.05, 4.69) is 15.0 Å². The Bertz CT molecular complexity index is 232. The smallest absolute Gasteiger partial charge is 0.224 e. The van der Waals surface area contributed by atoms with Gasteiger partial charge >= 0.3 is 0 Å². The van der Waals surface area contributed by atoms with E-state index >= 15 is 0 Å². The molecule has 0 amide bonds. The number of nitrogens with zero attached hydrogens (tertiary/aromatic N) is 3. The molecule has 0 saturated carbocycles. The number of hydrogen-bond donors (Lipinski definition) is 2. The van der Waals surface area contributed by atoms with E-state index in [4.69, 9.17) is 10.8 Å². The van der Waals surface area contributed by atoms with Crippen molar-refractivity contribution >= 4 is 17.7 Å². The van der Waals surface area contributed by atoms with Crippen LogP contribution in [-0.4, -0.2) is 26.3 Å². The van der Waals surface area contributed by atoms with Crippen LogP contribution in [0.5, 0.6) is 0 Å². The highest BCUT2D eigenvalue weighted by Gasteiger charge is 2.00. The van der Waals surface area contributed by atoms with Crippen LogP contribution >= 0.6 is 11.8 Å². The number of thioether (sulfide) groups is 1. The summed E-state index contributed by atoms with van der Waals surface area (Å²) < 4.78 is 0. The number of nitrogens with two attached hydrogens (primary N) is 1. The molecule has 11 heavy (non-hydrogen) atoms. The maximum absolute atomic E-state index is 8.66. The zero-order valence-corrected chi connectivity index (χ0v) is 6.80. The summed E-state index contributed by atoms with van der Waals surface area (Å²) in [5.74, 6) is 0.454. The largest absolute Gasteiger partial charge is 0.388 e. The molecule has 1 heterocycles. The quantitative estimate of drug-likeness (QED) is 0.594. The molecular formula is C5H8N4OS. The summed E-state index contributed by atoms with van der Waals surface area (Å²) in [7, 11) is 0. The van der Waals surface area contributed by atoms with Gasteiger partial charge in [-0.25, -0.2) is 4.98 Å². The molecule has 0 aliphatic rings. The van der Waals surface area contributed by atoms with Crippen LogP contribution in [0.2, 0.25) is 0 Å². The summed E-state index contributed by atoms with van der Waals surface area (Å²) in [6.45, 7) is -0.208. The molecule has 6 heteroatoms. The van der Waals surface area contributed by atoms with Crippen molar-refractivity contribution in [2.75, 3.05) is 12.0 Å². The number of aliphatic hydroxyl groups is 1. The fourth-order valence-electron chi connectivity index (χ4n) is 0.578. The van der Waals surface area contributed by atoms with Gasteiger partial charge in [-0.15, -0.1) is 0 Å². The van der Waals surface area contributed by atoms with Gasteiger partial charge < -0.3 is 10.8 Å². The predicted octanol–water partition coefficient (Wildman–Crippen LogP) is -0.332. The molecule has 0 fully saturated rings. The highest BCUT2D eigenvalue weighted by Crippen LogP contribution is 2.08. The van der Waals surface area contributed by atoms with Gasteiger partial charge in [0, 0.05) is 0 Å². The number of nitrogen functional groups attached to an aromatic ring is 1. The highest BCUT2D eigenvalue weighted by molar-refractivity contribution is 7.98. The standard InChI is InChI=1S/C5H8N4OS/c1-11-5-8-3(2-10)7-4(6)9-5/h10H,2H2,1H3,(H2,6,7,8,9). The van der Waals surface area contributed by atoms with Gasteiger partial charge in [0.2, 0.25) is 5.95 Å². The predicted molar refractivity (Wildman–Crippen MR) is 41.9 cm³/mol. The van der Waals surface area contributed by atoms with E-state index in [1.165, 1.54) is 11.8 Å². The van der Waals surface area contributed by atoms with Gasteiger partial charge in [0.05, 0.1) is 0 Å². The lowest BCUT2D eigenvalue weighted by Gasteiger charge is -1.98. The van der Waals surface area contributed by atoms with Crippen molar-refractivity contribution in [2.24, 2.45) is 0 Å². The minimum Gasteiger partial charge on any atom is -0.388 e. The van der Waals surface area contributed by atoms with Crippen molar-refractivity contribution in [2.45, 2.75) is 11.8 Å². The van der Waals surface area contributed by atoms with E-state index in [1.54, 1.807) is 0 Å². The van der Waals surface area contributed by atoms with E-state index in [-0.39, 0.29) is 12.6 Å². The second-order valence-corrected chi connectivity index (χ2v) is 2.53. The maximum Gasteiger partial charge on any atom is 0.224 e. The lowest BCUT2D eigenvalue weighted by atomic mass is 10.6. The van der Waals surface area contributed by atoms with E-state index in [0.29, 0.717) is 11.0 Å². The fraction of sp³-hybridized carbons (Fsp3) is 0.400. The van der Waals surface area contributed by atoms with Gasteiger partial charge in [-0.1, -0.05) is 11.8 Å². The summed E-state index contributed by atoms with van der Waals surface area (Å²) in [6.07, 6.45) is 1.83. The number of aromatic nitrogens is 3.